The Morgan fingerprint density at radius 2 is 1.64 bits per heavy atom. The molecule has 0 unspecified atom stereocenters. The number of non-ortho nitro benzene ring substituents is 1. The van der Waals surface area contributed by atoms with E-state index in [2.05, 4.69) is 5.32 Å². The largest absolute Gasteiger partial charge is 0.497 e. The number of carbonyl (C=O) groups is 2. The van der Waals surface area contributed by atoms with E-state index < -0.39 is 16.5 Å². The maximum absolute atomic E-state index is 13.7. The van der Waals surface area contributed by atoms with Crippen molar-refractivity contribution in [2.75, 3.05) is 12.9 Å². The first-order valence-corrected chi connectivity index (χ1v) is 13.8. The fraction of sp³-hybridized carbons (Fsp3) is 0.333. The molecule has 2 amide bonds. The van der Waals surface area contributed by atoms with Crippen molar-refractivity contribution < 1.29 is 19.2 Å². The number of hydrogen-bond acceptors (Lipinski definition) is 6. The fourth-order valence-corrected chi connectivity index (χ4v) is 4.90. The highest BCUT2D eigenvalue weighted by Crippen LogP contribution is 2.22. The van der Waals surface area contributed by atoms with Crippen LogP contribution in [0.4, 0.5) is 5.69 Å². The molecular weight excluding hydrogens is 514 g/mol. The molecule has 0 radical (unpaired) electrons. The van der Waals surface area contributed by atoms with E-state index in [-0.39, 0.29) is 29.8 Å². The van der Waals surface area contributed by atoms with Gasteiger partial charge in [-0.15, -0.1) is 11.8 Å². The highest BCUT2D eigenvalue weighted by molar-refractivity contribution is 7.99. The quantitative estimate of drug-likeness (QED) is 0.240. The molecule has 0 heterocycles. The Hall–Kier alpha value is -3.85. The minimum atomic E-state index is -0.731. The molecule has 1 N–H and O–H groups in total. The van der Waals surface area contributed by atoms with Crippen LogP contribution in [-0.4, -0.2) is 46.1 Å². The van der Waals surface area contributed by atoms with Gasteiger partial charge in [0.25, 0.3) is 5.69 Å². The summed E-state index contributed by atoms with van der Waals surface area (Å²) in [4.78, 5) is 39.5. The zero-order chi connectivity index (χ0) is 28.4. The number of nitro benzene ring substituents is 1. The van der Waals surface area contributed by atoms with Crippen molar-refractivity contribution in [2.24, 2.45) is 0 Å². The van der Waals surface area contributed by atoms with Gasteiger partial charge < -0.3 is 15.0 Å². The number of methoxy groups -OCH3 is 1. The third-order valence-electron chi connectivity index (χ3n) is 5.90. The third-order valence-corrected chi connectivity index (χ3v) is 6.89. The minimum absolute atomic E-state index is 0.0258. The number of nitrogens with zero attached hydrogens (tertiary/aromatic N) is 2. The van der Waals surface area contributed by atoms with Gasteiger partial charge in [-0.25, -0.2) is 0 Å². The van der Waals surface area contributed by atoms with Gasteiger partial charge >= 0.3 is 0 Å². The van der Waals surface area contributed by atoms with Crippen LogP contribution in [0.1, 0.15) is 37.5 Å². The molecule has 8 nitrogen and oxygen atoms in total. The number of ether oxygens (including phenoxy) is 1. The Labute approximate surface area is 233 Å². The summed E-state index contributed by atoms with van der Waals surface area (Å²) < 4.78 is 5.37. The van der Waals surface area contributed by atoms with Gasteiger partial charge in [-0.3, -0.25) is 19.7 Å². The van der Waals surface area contributed by atoms with Gasteiger partial charge in [-0.1, -0.05) is 54.6 Å². The summed E-state index contributed by atoms with van der Waals surface area (Å²) >= 11 is 1.41. The molecule has 206 valence electrons. The highest BCUT2D eigenvalue weighted by atomic mass is 32.2. The second-order valence-electron chi connectivity index (χ2n) is 10.2. The van der Waals surface area contributed by atoms with Crippen molar-refractivity contribution in [1.29, 1.82) is 0 Å². The zero-order valence-electron chi connectivity index (χ0n) is 22.8. The lowest BCUT2D eigenvalue weighted by molar-refractivity contribution is -0.384. The summed E-state index contributed by atoms with van der Waals surface area (Å²) in [5.74, 6) is 0.937. The first-order chi connectivity index (χ1) is 18.6. The van der Waals surface area contributed by atoms with Crippen LogP contribution in [0.25, 0.3) is 0 Å². The van der Waals surface area contributed by atoms with Crippen LogP contribution in [0.15, 0.2) is 78.9 Å². The van der Waals surface area contributed by atoms with Gasteiger partial charge in [0.1, 0.15) is 11.8 Å². The molecule has 0 saturated heterocycles. The van der Waals surface area contributed by atoms with Crippen molar-refractivity contribution in [3.63, 3.8) is 0 Å². The number of benzene rings is 3. The van der Waals surface area contributed by atoms with Crippen molar-refractivity contribution >= 4 is 29.3 Å². The molecule has 1 atom stereocenters. The summed E-state index contributed by atoms with van der Waals surface area (Å²) in [5, 5.41) is 14.0. The van der Waals surface area contributed by atoms with E-state index in [4.69, 9.17) is 4.74 Å². The van der Waals surface area contributed by atoms with E-state index in [1.165, 1.54) is 23.9 Å². The average Bonchev–Trinajstić information content (AvgIpc) is 2.90. The van der Waals surface area contributed by atoms with Crippen molar-refractivity contribution in [3.8, 4) is 5.75 Å². The Kier molecular flexibility index (Phi) is 10.5. The molecule has 0 saturated carbocycles. The van der Waals surface area contributed by atoms with Crippen molar-refractivity contribution in [3.05, 3.63) is 106 Å². The molecule has 0 fully saturated rings. The summed E-state index contributed by atoms with van der Waals surface area (Å²) in [6.07, 6.45) is 0.367. The number of amides is 2. The molecule has 0 aliphatic carbocycles. The average molecular weight is 550 g/mol. The van der Waals surface area contributed by atoms with Gasteiger partial charge in [0.05, 0.1) is 17.8 Å². The lowest BCUT2D eigenvalue weighted by Crippen LogP contribution is -2.54. The standard InChI is InChI=1S/C30H35N3O5S/c1-30(2,3)31-29(35)27(18-22-9-6-5-7-10-22)32(19-24-11-8-12-26(17-24)38-4)28(34)21-39-20-23-13-15-25(16-14-23)33(36)37/h5-17,27H,18-21H2,1-4H3,(H,31,35)/t27-/m0/s1. The number of thioether (sulfide) groups is 1. The predicted molar refractivity (Wildman–Crippen MR) is 155 cm³/mol. The molecule has 0 bridgehead atoms. The molecule has 0 aliphatic rings. The van der Waals surface area contributed by atoms with Gasteiger partial charge in [-0.2, -0.15) is 0 Å². The lowest BCUT2D eigenvalue weighted by atomic mass is 10.0. The van der Waals surface area contributed by atoms with Crippen molar-refractivity contribution in [2.45, 2.75) is 51.1 Å². The number of rotatable bonds is 12. The molecule has 3 aromatic rings. The summed E-state index contributed by atoms with van der Waals surface area (Å²) in [5.41, 5.74) is 2.24. The summed E-state index contributed by atoms with van der Waals surface area (Å²) in [6.45, 7) is 5.99. The number of carbonyl (C=O) groups excluding carboxylic acids is 2. The molecule has 0 spiro atoms. The van der Waals surface area contributed by atoms with Crippen LogP contribution < -0.4 is 10.1 Å². The predicted octanol–water partition coefficient (Wildman–Crippen LogP) is 5.39. The first kappa shape index (κ1) is 29.7. The van der Waals surface area contributed by atoms with E-state index in [0.29, 0.717) is 17.9 Å². The van der Waals surface area contributed by atoms with E-state index >= 15 is 0 Å². The Bertz CT molecular complexity index is 1260. The highest BCUT2D eigenvalue weighted by Gasteiger charge is 2.32. The number of hydrogen-bond donors (Lipinski definition) is 1. The third kappa shape index (κ3) is 9.44. The number of nitrogens with one attached hydrogen (secondary N) is 1. The molecule has 0 aliphatic heterocycles. The van der Waals surface area contributed by atoms with E-state index in [0.717, 1.165) is 16.7 Å². The lowest BCUT2D eigenvalue weighted by Gasteiger charge is -2.34. The maximum Gasteiger partial charge on any atom is 0.269 e. The van der Waals surface area contributed by atoms with Crippen molar-refractivity contribution in [1.82, 2.24) is 10.2 Å². The van der Waals surface area contributed by atoms with Gasteiger partial charge in [0.2, 0.25) is 11.8 Å². The Balaban J connectivity index is 1.86. The Morgan fingerprint density at radius 1 is 0.974 bits per heavy atom. The monoisotopic (exact) mass is 549 g/mol. The van der Waals surface area contributed by atoms with Gasteiger partial charge in [-0.05, 0) is 49.6 Å². The molecule has 3 aromatic carbocycles. The van der Waals surface area contributed by atoms with Crippen LogP contribution in [0.2, 0.25) is 0 Å². The fourth-order valence-electron chi connectivity index (χ4n) is 4.03. The van der Waals surface area contributed by atoms with E-state index in [1.54, 1.807) is 24.1 Å². The van der Waals surface area contributed by atoms with E-state index in [1.807, 2.05) is 75.4 Å². The maximum atomic E-state index is 13.7. The second-order valence-corrected chi connectivity index (χ2v) is 11.2. The normalized spacial score (nSPS) is 11.9. The Morgan fingerprint density at radius 3 is 2.26 bits per heavy atom. The molecule has 0 aromatic heterocycles. The minimum Gasteiger partial charge on any atom is -0.497 e. The van der Waals surface area contributed by atoms with Crippen LogP contribution in [0.5, 0.6) is 5.75 Å². The van der Waals surface area contributed by atoms with Crippen LogP contribution >= 0.6 is 11.8 Å². The molecular formula is C30H35N3O5S. The molecule has 39 heavy (non-hydrogen) atoms. The SMILES string of the molecule is COc1cccc(CN(C(=O)CSCc2ccc([N+](=O)[O-])cc2)[C@@H](Cc2ccccc2)C(=O)NC(C)(C)C)c1. The van der Waals surface area contributed by atoms with Crippen LogP contribution in [-0.2, 0) is 28.3 Å². The van der Waals surface area contributed by atoms with Crippen LogP contribution in [0.3, 0.4) is 0 Å². The van der Waals surface area contributed by atoms with E-state index in [9.17, 15) is 19.7 Å². The zero-order valence-corrected chi connectivity index (χ0v) is 23.6. The smallest absolute Gasteiger partial charge is 0.269 e. The molecule has 9 heteroatoms. The van der Waals surface area contributed by atoms with Gasteiger partial charge in [0, 0.05) is 36.4 Å². The van der Waals surface area contributed by atoms with Crippen LogP contribution in [0, 0.1) is 10.1 Å². The number of nitro groups is 1. The first-order valence-electron chi connectivity index (χ1n) is 12.6. The summed E-state index contributed by atoms with van der Waals surface area (Å²) in [7, 11) is 1.59. The topological polar surface area (TPSA) is 102 Å². The molecule has 3 rings (SSSR count). The van der Waals surface area contributed by atoms with Gasteiger partial charge in [0.15, 0.2) is 0 Å². The second kappa shape index (κ2) is 13.8. The summed E-state index contributed by atoms with van der Waals surface area (Å²) in [6, 6.07) is 22.7.